The number of hydrogen-bond donors (Lipinski definition) is 1. The summed E-state index contributed by atoms with van der Waals surface area (Å²) in [5.41, 5.74) is 1.10. The van der Waals surface area contributed by atoms with Gasteiger partial charge < -0.3 is 15.0 Å². The zero-order valence-corrected chi connectivity index (χ0v) is 14.8. The van der Waals surface area contributed by atoms with Crippen molar-refractivity contribution in [2.45, 2.75) is 38.6 Å². The highest BCUT2D eigenvalue weighted by atomic mass is 35.5. The summed E-state index contributed by atoms with van der Waals surface area (Å²) < 4.78 is 5.69. The van der Waals surface area contributed by atoms with Crippen LogP contribution in [0.2, 0.25) is 0 Å². The predicted octanol–water partition coefficient (Wildman–Crippen LogP) is 2.50. The van der Waals surface area contributed by atoms with Gasteiger partial charge in [-0.05, 0) is 37.8 Å². The van der Waals surface area contributed by atoms with Crippen LogP contribution in [-0.4, -0.2) is 48.3 Å². The molecule has 0 aromatic heterocycles. The monoisotopic (exact) mass is 352 g/mol. The van der Waals surface area contributed by atoms with Gasteiger partial charge in [0.1, 0.15) is 11.6 Å². The van der Waals surface area contributed by atoms with E-state index in [1.165, 1.54) is 0 Å². The first kappa shape index (κ1) is 18.6. The molecule has 1 aliphatic rings. The van der Waals surface area contributed by atoms with Gasteiger partial charge in [0.15, 0.2) is 0 Å². The van der Waals surface area contributed by atoms with Crippen LogP contribution in [-0.2, 0) is 9.59 Å². The maximum Gasteiger partial charge on any atom is 0.237 e. The van der Waals surface area contributed by atoms with Crippen LogP contribution in [0.1, 0.15) is 31.2 Å². The first-order valence-corrected chi connectivity index (χ1v) is 8.95. The molecule has 1 N–H and O–H groups in total. The van der Waals surface area contributed by atoms with Crippen molar-refractivity contribution in [3.63, 3.8) is 0 Å². The molecule has 0 spiro atoms. The number of benzene rings is 1. The van der Waals surface area contributed by atoms with Crippen LogP contribution in [0, 0.1) is 6.92 Å². The molecule has 6 heteroatoms. The Hall–Kier alpha value is -1.75. The van der Waals surface area contributed by atoms with Crippen LogP contribution in [0.5, 0.6) is 5.75 Å². The number of aryl methyl sites for hydroxylation is 1. The van der Waals surface area contributed by atoms with E-state index >= 15 is 0 Å². The van der Waals surface area contributed by atoms with E-state index in [1.807, 2.05) is 31.2 Å². The van der Waals surface area contributed by atoms with E-state index in [0.717, 1.165) is 24.2 Å². The summed E-state index contributed by atoms with van der Waals surface area (Å²) in [6, 6.07) is 8.00. The Morgan fingerprint density at radius 3 is 2.67 bits per heavy atom. The molecule has 0 saturated carbocycles. The first-order valence-electron chi connectivity index (χ1n) is 8.41. The Kier molecular flexibility index (Phi) is 7.37. The van der Waals surface area contributed by atoms with Crippen molar-refractivity contribution in [1.29, 1.82) is 0 Å². The van der Waals surface area contributed by atoms with Crippen LogP contribution in [0.3, 0.4) is 0 Å². The highest BCUT2D eigenvalue weighted by Gasteiger charge is 2.23. The molecule has 0 aliphatic carbocycles. The average Bonchev–Trinajstić information content (AvgIpc) is 2.60. The number of alkyl halides is 1. The Labute approximate surface area is 148 Å². The molecule has 0 radical (unpaired) electrons. The maximum absolute atomic E-state index is 12.0. The highest BCUT2D eigenvalue weighted by molar-refractivity contribution is 6.27. The minimum Gasteiger partial charge on any atom is -0.493 e. The molecule has 2 rings (SSSR count). The summed E-state index contributed by atoms with van der Waals surface area (Å²) in [6.45, 7) is 3.85. The second kappa shape index (κ2) is 9.52. The topological polar surface area (TPSA) is 58.6 Å². The van der Waals surface area contributed by atoms with E-state index in [1.54, 1.807) is 4.90 Å². The van der Waals surface area contributed by atoms with Gasteiger partial charge in [-0.3, -0.25) is 9.59 Å². The minimum atomic E-state index is -0.0326. The van der Waals surface area contributed by atoms with E-state index in [-0.39, 0.29) is 23.7 Å². The van der Waals surface area contributed by atoms with E-state index in [4.69, 9.17) is 16.3 Å². The number of halogens is 1. The van der Waals surface area contributed by atoms with Crippen molar-refractivity contribution in [1.82, 2.24) is 10.2 Å². The van der Waals surface area contributed by atoms with Crippen LogP contribution >= 0.6 is 11.6 Å². The number of ether oxygens (including phenoxy) is 1. The quantitative estimate of drug-likeness (QED) is 0.606. The van der Waals surface area contributed by atoms with Gasteiger partial charge in [0.25, 0.3) is 0 Å². The number of likely N-dealkylation sites (tertiary alicyclic amines) is 1. The van der Waals surface area contributed by atoms with Gasteiger partial charge in [-0.2, -0.15) is 0 Å². The SMILES string of the molecule is Cc1ccccc1OCCCC(=O)NC1CCN(C(=O)CCl)CC1. The normalized spacial score (nSPS) is 15.2. The zero-order chi connectivity index (χ0) is 17.4. The van der Waals surface area contributed by atoms with Crippen molar-refractivity contribution in [2.75, 3.05) is 25.6 Å². The third-order valence-corrected chi connectivity index (χ3v) is 4.46. The lowest BCUT2D eigenvalue weighted by atomic mass is 10.0. The zero-order valence-electron chi connectivity index (χ0n) is 14.1. The molecule has 5 nitrogen and oxygen atoms in total. The largest absolute Gasteiger partial charge is 0.493 e. The number of amides is 2. The van der Waals surface area contributed by atoms with Gasteiger partial charge in [0.05, 0.1) is 6.61 Å². The molecule has 1 aromatic carbocycles. The lowest BCUT2D eigenvalue weighted by Crippen LogP contribution is -2.46. The number of rotatable bonds is 7. The van der Waals surface area contributed by atoms with Crippen molar-refractivity contribution >= 4 is 23.4 Å². The molecule has 1 aliphatic heterocycles. The second-order valence-corrected chi connectivity index (χ2v) is 6.34. The summed E-state index contributed by atoms with van der Waals surface area (Å²) in [5.74, 6) is 0.910. The maximum atomic E-state index is 12.0. The van der Waals surface area contributed by atoms with E-state index in [0.29, 0.717) is 32.5 Å². The van der Waals surface area contributed by atoms with Crippen molar-refractivity contribution in [2.24, 2.45) is 0 Å². The van der Waals surface area contributed by atoms with Gasteiger partial charge in [-0.15, -0.1) is 11.6 Å². The van der Waals surface area contributed by atoms with Gasteiger partial charge >= 0.3 is 0 Å². The first-order chi connectivity index (χ1) is 11.6. The summed E-state index contributed by atoms with van der Waals surface area (Å²) in [7, 11) is 0. The Bertz CT molecular complexity index is 557. The average molecular weight is 353 g/mol. The number of hydrogen-bond acceptors (Lipinski definition) is 3. The minimum absolute atomic E-state index is 0.0257. The van der Waals surface area contributed by atoms with Crippen LogP contribution in [0.15, 0.2) is 24.3 Å². The highest BCUT2D eigenvalue weighted by Crippen LogP contribution is 2.16. The van der Waals surface area contributed by atoms with Crippen molar-refractivity contribution < 1.29 is 14.3 Å². The van der Waals surface area contributed by atoms with Crippen LogP contribution in [0.4, 0.5) is 0 Å². The van der Waals surface area contributed by atoms with Gasteiger partial charge in [-0.1, -0.05) is 18.2 Å². The number of piperidine rings is 1. The van der Waals surface area contributed by atoms with Crippen LogP contribution in [0.25, 0.3) is 0 Å². The van der Waals surface area contributed by atoms with Gasteiger partial charge in [0.2, 0.25) is 11.8 Å². The van der Waals surface area contributed by atoms with E-state index in [2.05, 4.69) is 5.32 Å². The number of carbonyl (C=O) groups is 2. The Morgan fingerprint density at radius 2 is 2.00 bits per heavy atom. The molecule has 0 atom stereocenters. The van der Waals surface area contributed by atoms with Crippen molar-refractivity contribution in [3.05, 3.63) is 29.8 Å². The van der Waals surface area contributed by atoms with E-state index < -0.39 is 0 Å². The fourth-order valence-electron chi connectivity index (χ4n) is 2.79. The molecule has 1 saturated heterocycles. The Balaban J connectivity index is 1.60. The number of nitrogens with zero attached hydrogens (tertiary/aromatic N) is 1. The smallest absolute Gasteiger partial charge is 0.237 e. The molecular formula is C18H25ClN2O3. The summed E-state index contributed by atoms with van der Waals surface area (Å²) >= 11 is 5.56. The lowest BCUT2D eigenvalue weighted by molar-refractivity contribution is -0.129. The molecular weight excluding hydrogens is 328 g/mol. The summed E-state index contributed by atoms with van der Waals surface area (Å²) in [4.78, 5) is 25.3. The third-order valence-electron chi connectivity index (χ3n) is 4.23. The lowest BCUT2D eigenvalue weighted by Gasteiger charge is -2.32. The molecule has 1 heterocycles. The third kappa shape index (κ3) is 5.71. The molecule has 1 fully saturated rings. The van der Waals surface area contributed by atoms with Gasteiger partial charge in [-0.25, -0.2) is 0 Å². The molecule has 2 amide bonds. The van der Waals surface area contributed by atoms with E-state index in [9.17, 15) is 9.59 Å². The number of para-hydroxylation sites is 1. The molecule has 24 heavy (non-hydrogen) atoms. The fourth-order valence-corrected chi connectivity index (χ4v) is 2.96. The molecule has 0 bridgehead atoms. The van der Waals surface area contributed by atoms with Crippen LogP contribution < -0.4 is 10.1 Å². The van der Waals surface area contributed by atoms with Gasteiger partial charge in [0, 0.05) is 25.6 Å². The predicted molar refractivity (Wildman–Crippen MR) is 94.4 cm³/mol. The number of nitrogens with one attached hydrogen (secondary N) is 1. The molecule has 0 unspecified atom stereocenters. The fraction of sp³-hybridized carbons (Fsp3) is 0.556. The summed E-state index contributed by atoms with van der Waals surface area (Å²) in [5, 5.41) is 3.04. The number of carbonyl (C=O) groups excluding carboxylic acids is 2. The molecule has 1 aromatic rings. The molecule has 132 valence electrons. The summed E-state index contributed by atoms with van der Waals surface area (Å²) in [6.07, 6.45) is 2.71. The van der Waals surface area contributed by atoms with Crippen molar-refractivity contribution in [3.8, 4) is 5.75 Å². The second-order valence-electron chi connectivity index (χ2n) is 6.07. The standard InChI is InChI=1S/C18H25ClN2O3/c1-14-5-2-3-6-16(14)24-12-4-7-17(22)20-15-8-10-21(11-9-15)18(23)13-19/h2-3,5-6,15H,4,7-13H2,1H3,(H,20,22). The Morgan fingerprint density at radius 1 is 1.29 bits per heavy atom.